The first-order chi connectivity index (χ1) is 13.8. The number of benzene rings is 2. The second-order valence-corrected chi connectivity index (χ2v) is 6.30. The minimum absolute atomic E-state index is 0.652. The highest BCUT2D eigenvalue weighted by atomic mass is 15.2. The van der Waals surface area contributed by atoms with Crippen molar-refractivity contribution in [1.82, 2.24) is 30.8 Å². The summed E-state index contributed by atoms with van der Waals surface area (Å²) in [6.07, 6.45) is 3.35. The fourth-order valence-corrected chi connectivity index (χ4v) is 3.07. The molecule has 3 N–H and O–H groups in total. The number of guanidine groups is 1. The molecule has 0 fully saturated rings. The van der Waals surface area contributed by atoms with Gasteiger partial charge in [-0.3, -0.25) is 15.1 Å². The summed E-state index contributed by atoms with van der Waals surface area (Å²) >= 11 is 0. The Morgan fingerprint density at radius 3 is 2.75 bits per heavy atom. The highest BCUT2D eigenvalue weighted by Gasteiger charge is 2.05. The molecular weight excluding hydrogens is 350 g/mol. The van der Waals surface area contributed by atoms with Crippen LogP contribution in [0.2, 0.25) is 0 Å². The van der Waals surface area contributed by atoms with Crippen molar-refractivity contribution >= 4 is 16.9 Å². The molecule has 0 atom stereocenters. The molecule has 0 unspecified atom stereocenters. The first-order valence-electron chi connectivity index (χ1n) is 9.05. The SMILES string of the molecule is CN=C(NCc1cccc(-c2ncn[nH]2)c1)NCc1ccnc2ccccc12. The molecule has 0 radical (unpaired) electrons. The smallest absolute Gasteiger partial charge is 0.191 e. The lowest BCUT2D eigenvalue weighted by Crippen LogP contribution is -2.36. The largest absolute Gasteiger partial charge is 0.352 e. The van der Waals surface area contributed by atoms with Gasteiger partial charge in [-0.15, -0.1) is 0 Å². The molecule has 140 valence electrons. The van der Waals surface area contributed by atoms with E-state index >= 15 is 0 Å². The summed E-state index contributed by atoms with van der Waals surface area (Å²) in [5.41, 5.74) is 4.31. The Morgan fingerprint density at radius 2 is 1.89 bits per heavy atom. The number of para-hydroxylation sites is 1. The summed E-state index contributed by atoms with van der Waals surface area (Å²) < 4.78 is 0. The molecule has 28 heavy (non-hydrogen) atoms. The van der Waals surface area contributed by atoms with Crippen LogP contribution in [0.4, 0.5) is 0 Å². The third-order valence-electron chi connectivity index (χ3n) is 4.48. The summed E-state index contributed by atoms with van der Waals surface area (Å²) in [5.74, 6) is 1.50. The Bertz CT molecular complexity index is 1080. The van der Waals surface area contributed by atoms with Crippen LogP contribution in [0.1, 0.15) is 11.1 Å². The van der Waals surface area contributed by atoms with Gasteiger partial charge in [0.05, 0.1) is 5.52 Å². The van der Waals surface area contributed by atoms with Crippen molar-refractivity contribution in [3.8, 4) is 11.4 Å². The number of nitrogens with zero attached hydrogens (tertiary/aromatic N) is 4. The van der Waals surface area contributed by atoms with E-state index in [0.717, 1.165) is 33.8 Å². The number of aliphatic imine (C=N–C) groups is 1. The lowest BCUT2D eigenvalue weighted by Gasteiger charge is -2.13. The van der Waals surface area contributed by atoms with Crippen LogP contribution in [-0.4, -0.2) is 33.2 Å². The molecule has 0 saturated carbocycles. The van der Waals surface area contributed by atoms with Crippen molar-refractivity contribution in [3.63, 3.8) is 0 Å². The second-order valence-electron chi connectivity index (χ2n) is 6.30. The number of rotatable bonds is 5. The fraction of sp³-hybridized carbons (Fsp3) is 0.143. The Balaban J connectivity index is 1.40. The maximum Gasteiger partial charge on any atom is 0.191 e. The molecule has 7 heteroatoms. The molecule has 4 aromatic rings. The highest BCUT2D eigenvalue weighted by molar-refractivity contribution is 5.83. The van der Waals surface area contributed by atoms with E-state index in [1.165, 1.54) is 11.9 Å². The van der Waals surface area contributed by atoms with Gasteiger partial charge in [-0.25, -0.2) is 4.98 Å². The van der Waals surface area contributed by atoms with E-state index in [1.54, 1.807) is 7.05 Å². The predicted molar refractivity (Wildman–Crippen MR) is 111 cm³/mol. The minimum Gasteiger partial charge on any atom is -0.352 e. The molecule has 0 aliphatic rings. The van der Waals surface area contributed by atoms with E-state index < -0.39 is 0 Å². The molecule has 0 spiro atoms. The van der Waals surface area contributed by atoms with Crippen LogP contribution in [0.3, 0.4) is 0 Å². The second kappa shape index (κ2) is 8.30. The van der Waals surface area contributed by atoms with Crippen molar-refractivity contribution < 1.29 is 0 Å². The number of fused-ring (bicyclic) bond motifs is 1. The topological polar surface area (TPSA) is 90.9 Å². The summed E-state index contributed by atoms with van der Waals surface area (Å²) in [6, 6.07) is 18.3. The monoisotopic (exact) mass is 371 g/mol. The highest BCUT2D eigenvalue weighted by Crippen LogP contribution is 2.16. The number of H-pyrrole nitrogens is 1. The van der Waals surface area contributed by atoms with Gasteiger partial charge in [0.2, 0.25) is 0 Å². The quantitative estimate of drug-likeness (QED) is 0.371. The standard InChI is InChI=1S/C21H21N7/c1-22-21(25-13-17-9-10-23-19-8-3-2-7-18(17)19)24-12-15-5-4-6-16(11-15)20-26-14-27-28-20/h2-11,14H,12-13H2,1H3,(H2,22,24,25)(H,26,27,28). The molecule has 0 amide bonds. The Morgan fingerprint density at radius 1 is 1.00 bits per heavy atom. The average molecular weight is 371 g/mol. The molecular formula is C21H21N7. The first kappa shape index (κ1) is 17.7. The summed E-state index contributed by atoms with van der Waals surface area (Å²) in [4.78, 5) is 12.9. The Kier molecular flexibility index (Phi) is 5.24. The first-order valence-corrected chi connectivity index (χ1v) is 9.05. The van der Waals surface area contributed by atoms with Crippen LogP contribution in [0, 0.1) is 0 Å². The van der Waals surface area contributed by atoms with Crippen LogP contribution in [0.15, 0.2) is 72.1 Å². The fourth-order valence-electron chi connectivity index (χ4n) is 3.07. The molecule has 0 bridgehead atoms. The van der Waals surface area contributed by atoms with Crippen LogP contribution in [0.25, 0.3) is 22.3 Å². The summed E-state index contributed by atoms with van der Waals surface area (Å²) in [5, 5.41) is 14.7. The Hall–Kier alpha value is -3.74. The van der Waals surface area contributed by atoms with Gasteiger partial charge < -0.3 is 10.6 Å². The number of pyridine rings is 1. The summed E-state index contributed by atoms with van der Waals surface area (Å²) in [6.45, 7) is 1.32. The van der Waals surface area contributed by atoms with Crippen molar-refractivity contribution in [3.05, 3.63) is 78.2 Å². The zero-order chi connectivity index (χ0) is 19.2. The van der Waals surface area contributed by atoms with E-state index in [9.17, 15) is 0 Å². The average Bonchev–Trinajstić information content (AvgIpc) is 3.29. The number of hydrogen-bond acceptors (Lipinski definition) is 4. The molecule has 2 aromatic heterocycles. The third kappa shape index (κ3) is 3.98. The van der Waals surface area contributed by atoms with Gasteiger partial charge in [0.15, 0.2) is 11.8 Å². The molecule has 0 aliphatic carbocycles. The van der Waals surface area contributed by atoms with Gasteiger partial charge in [0, 0.05) is 37.3 Å². The van der Waals surface area contributed by atoms with Crippen LogP contribution in [0.5, 0.6) is 0 Å². The van der Waals surface area contributed by atoms with Gasteiger partial charge in [-0.05, 0) is 29.3 Å². The van der Waals surface area contributed by atoms with Crippen molar-refractivity contribution in [2.45, 2.75) is 13.1 Å². The molecule has 0 saturated heterocycles. The Labute approximate surface area is 163 Å². The number of aromatic amines is 1. The van der Waals surface area contributed by atoms with E-state index in [-0.39, 0.29) is 0 Å². The zero-order valence-corrected chi connectivity index (χ0v) is 15.6. The number of aromatic nitrogens is 4. The van der Waals surface area contributed by atoms with Crippen LogP contribution in [-0.2, 0) is 13.1 Å². The predicted octanol–water partition coefficient (Wildman–Crippen LogP) is 2.89. The van der Waals surface area contributed by atoms with Crippen molar-refractivity contribution in [1.29, 1.82) is 0 Å². The van der Waals surface area contributed by atoms with Crippen molar-refractivity contribution in [2.75, 3.05) is 7.05 Å². The van der Waals surface area contributed by atoms with Gasteiger partial charge >= 0.3 is 0 Å². The van der Waals surface area contributed by atoms with E-state index in [2.05, 4.69) is 54.0 Å². The maximum atomic E-state index is 4.41. The van der Waals surface area contributed by atoms with Gasteiger partial charge in [0.1, 0.15) is 6.33 Å². The van der Waals surface area contributed by atoms with E-state index in [1.807, 2.05) is 42.6 Å². The number of nitrogens with one attached hydrogen (secondary N) is 3. The van der Waals surface area contributed by atoms with Gasteiger partial charge in [0.25, 0.3) is 0 Å². The number of hydrogen-bond donors (Lipinski definition) is 3. The molecule has 7 nitrogen and oxygen atoms in total. The molecule has 4 rings (SSSR count). The normalized spacial score (nSPS) is 11.5. The van der Waals surface area contributed by atoms with E-state index in [0.29, 0.717) is 13.1 Å². The maximum absolute atomic E-state index is 4.41. The third-order valence-corrected chi connectivity index (χ3v) is 4.48. The van der Waals surface area contributed by atoms with Crippen LogP contribution >= 0.6 is 0 Å². The van der Waals surface area contributed by atoms with Gasteiger partial charge in [-0.2, -0.15) is 5.10 Å². The van der Waals surface area contributed by atoms with Gasteiger partial charge in [-0.1, -0.05) is 36.4 Å². The molecule has 0 aliphatic heterocycles. The van der Waals surface area contributed by atoms with E-state index in [4.69, 9.17) is 0 Å². The lowest BCUT2D eigenvalue weighted by molar-refractivity contribution is 0.811. The lowest BCUT2D eigenvalue weighted by atomic mass is 10.1. The molecule has 2 heterocycles. The summed E-state index contributed by atoms with van der Waals surface area (Å²) in [7, 11) is 1.77. The molecule has 2 aromatic carbocycles. The zero-order valence-electron chi connectivity index (χ0n) is 15.6. The van der Waals surface area contributed by atoms with Crippen LogP contribution < -0.4 is 10.6 Å². The van der Waals surface area contributed by atoms with Crippen molar-refractivity contribution in [2.24, 2.45) is 4.99 Å². The minimum atomic E-state index is 0.652.